The lowest BCUT2D eigenvalue weighted by Gasteiger charge is -2.02. The van der Waals surface area contributed by atoms with Crippen LogP contribution in [0.5, 0.6) is 0 Å². The van der Waals surface area contributed by atoms with Crippen molar-refractivity contribution in [3.8, 4) is 0 Å². The minimum absolute atomic E-state index is 0.0932. The molecular formula is C17H11FINO2. The summed E-state index contributed by atoms with van der Waals surface area (Å²) in [6.45, 7) is 2.00. The summed E-state index contributed by atoms with van der Waals surface area (Å²) in [7, 11) is 0. The highest BCUT2D eigenvalue weighted by atomic mass is 127. The van der Waals surface area contributed by atoms with Crippen LogP contribution in [0.15, 0.2) is 53.2 Å². The molecule has 0 spiro atoms. The zero-order chi connectivity index (χ0) is 15.7. The Kier molecular flexibility index (Phi) is 4.06. The van der Waals surface area contributed by atoms with Crippen molar-refractivity contribution in [2.45, 2.75) is 6.92 Å². The van der Waals surface area contributed by atoms with E-state index < -0.39 is 11.8 Å². The predicted octanol–water partition coefficient (Wildman–Crippen LogP) is 4.08. The number of aliphatic imine (C=N–C) groups is 1. The second-order valence-corrected chi connectivity index (χ2v) is 5.98. The second-order valence-electron chi connectivity index (χ2n) is 4.82. The fourth-order valence-electron chi connectivity index (χ4n) is 2.00. The first-order chi connectivity index (χ1) is 10.5. The van der Waals surface area contributed by atoms with E-state index in [-0.39, 0.29) is 11.6 Å². The summed E-state index contributed by atoms with van der Waals surface area (Å²) in [6.07, 6.45) is 1.39. The van der Waals surface area contributed by atoms with Crippen molar-refractivity contribution in [1.29, 1.82) is 0 Å². The molecule has 1 aliphatic heterocycles. The number of carbonyl (C=O) groups excluding carboxylic acids is 1. The molecule has 22 heavy (non-hydrogen) atoms. The minimum atomic E-state index is -0.575. The molecular weight excluding hydrogens is 396 g/mol. The molecule has 0 saturated carbocycles. The quantitative estimate of drug-likeness (QED) is 0.428. The van der Waals surface area contributed by atoms with Crippen LogP contribution in [0.25, 0.3) is 6.08 Å². The third-order valence-corrected chi connectivity index (χ3v) is 4.40. The zero-order valence-electron chi connectivity index (χ0n) is 11.6. The molecule has 2 aromatic rings. The van der Waals surface area contributed by atoms with Crippen LogP contribution in [-0.2, 0) is 9.53 Å². The van der Waals surface area contributed by atoms with Gasteiger partial charge in [-0.3, -0.25) is 0 Å². The number of halogens is 2. The molecule has 0 saturated heterocycles. The van der Waals surface area contributed by atoms with Crippen molar-refractivity contribution >= 4 is 40.5 Å². The summed E-state index contributed by atoms with van der Waals surface area (Å²) in [5, 5.41) is 0. The van der Waals surface area contributed by atoms with Crippen LogP contribution in [0.1, 0.15) is 16.7 Å². The molecule has 5 heteroatoms. The minimum Gasteiger partial charge on any atom is -0.402 e. The van der Waals surface area contributed by atoms with Crippen LogP contribution in [0.2, 0.25) is 0 Å². The van der Waals surface area contributed by atoms with Crippen LogP contribution in [-0.4, -0.2) is 11.9 Å². The predicted molar refractivity (Wildman–Crippen MR) is 90.9 cm³/mol. The average molecular weight is 407 g/mol. The van der Waals surface area contributed by atoms with Crippen LogP contribution < -0.4 is 0 Å². The van der Waals surface area contributed by atoms with Crippen molar-refractivity contribution in [1.82, 2.24) is 0 Å². The van der Waals surface area contributed by atoms with Gasteiger partial charge in [-0.2, -0.15) is 0 Å². The average Bonchev–Trinajstić information content (AvgIpc) is 2.85. The molecule has 1 aliphatic rings. The maximum atomic E-state index is 13.6. The first kappa shape index (κ1) is 14.9. The van der Waals surface area contributed by atoms with Gasteiger partial charge in [0.1, 0.15) is 5.82 Å². The molecule has 0 atom stereocenters. The Bertz CT molecular complexity index is 827. The molecule has 3 nitrogen and oxygen atoms in total. The van der Waals surface area contributed by atoms with Crippen molar-refractivity contribution in [3.05, 3.63) is 74.2 Å². The van der Waals surface area contributed by atoms with E-state index in [1.54, 1.807) is 18.2 Å². The van der Waals surface area contributed by atoms with Gasteiger partial charge < -0.3 is 4.74 Å². The number of esters is 1. The van der Waals surface area contributed by atoms with Gasteiger partial charge >= 0.3 is 5.97 Å². The van der Waals surface area contributed by atoms with Gasteiger partial charge in [-0.15, -0.1) is 0 Å². The number of ether oxygens (including phenoxy) is 1. The lowest BCUT2D eigenvalue weighted by molar-refractivity contribution is -0.129. The number of aryl methyl sites for hydroxylation is 1. The Morgan fingerprint density at radius 3 is 2.73 bits per heavy atom. The summed E-state index contributed by atoms with van der Waals surface area (Å²) in [5.74, 6) is -0.740. The molecule has 0 bridgehead atoms. The molecule has 2 aromatic carbocycles. The highest BCUT2D eigenvalue weighted by Gasteiger charge is 2.24. The number of carbonyl (C=O) groups is 1. The molecule has 0 aliphatic carbocycles. The number of benzene rings is 2. The van der Waals surface area contributed by atoms with E-state index in [1.165, 1.54) is 12.1 Å². The van der Waals surface area contributed by atoms with Crippen molar-refractivity contribution < 1.29 is 13.9 Å². The van der Waals surface area contributed by atoms with Crippen LogP contribution in [0, 0.1) is 16.3 Å². The lowest BCUT2D eigenvalue weighted by Crippen LogP contribution is -2.05. The van der Waals surface area contributed by atoms with Crippen LogP contribution >= 0.6 is 22.6 Å². The molecule has 0 radical (unpaired) electrons. The number of rotatable bonds is 2. The fourth-order valence-corrected chi connectivity index (χ4v) is 2.51. The van der Waals surface area contributed by atoms with Crippen molar-refractivity contribution in [2.75, 3.05) is 0 Å². The van der Waals surface area contributed by atoms with Crippen molar-refractivity contribution in [3.63, 3.8) is 0 Å². The molecule has 0 fully saturated rings. The molecule has 1 heterocycles. The van der Waals surface area contributed by atoms with Gasteiger partial charge in [0, 0.05) is 14.7 Å². The first-order valence-electron chi connectivity index (χ1n) is 6.58. The van der Waals surface area contributed by atoms with E-state index >= 15 is 0 Å². The summed E-state index contributed by atoms with van der Waals surface area (Å²) in [5.41, 5.74) is 2.25. The maximum absolute atomic E-state index is 13.6. The van der Waals surface area contributed by atoms with Gasteiger partial charge in [0.25, 0.3) is 0 Å². The van der Waals surface area contributed by atoms with E-state index in [2.05, 4.69) is 27.6 Å². The molecule has 0 unspecified atom stereocenters. The van der Waals surface area contributed by atoms with E-state index in [4.69, 9.17) is 4.74 Å². The maximum Gasteiger partial charge on any atom is 0.363 e. The summed E-state index contributed by atoms with van der Waals surface area (Å²) in [4.78, 5) is 16.1. The third kappa shape index (κ3) is 2.94. The smallest absolute Gasteiger partial charge is 0.363 e. The SMILES string of the molecule is Cc1ccc(C2=N/C(=C\c3ccccc3F)C(=O)O2)cc1I. The molecule has 0 N–H and O–H groups in total. The van der Waals surface area contributed by atoms with E-state index in [0.29, 0.717) is 5.56 Å². The fraction of sp³-hybridized carbons (Fsp3) is 0.0588. The Morgan fingerprint density at radius 2 is 2.00 bits per heavy atom. The van der Waals surface area contributed by atoms with E-state index in [1.807, 2.05) is 25.1 Å². The lowest BCUT2D eigenvalue weighted by atomic mass is 10.1. The van der Waals surface area contributed by atoms with Gasteiger partial charge in [0.2, 0.25) is 5.90 Å². The summed E-state index contributed by atoms with van der Waals surface area (Å²) in [6, 6.07) is 11.9. The van der Waals surface area contributed by atoms with Gasteiger partial charge in [-0.1, -0.05) is 24.3 Å². The Morgan fingerprint density at radius 1 is 1.23 bits per heavy atom. The number of hydrogen-bond acceptors (Lipinski definition) is 3. The van der Waals surface area contributed by atoms with Crippen LogP contribution in [0.4, 0.5) is 4.39 Å². The standard InChI is InChI=1S/C17H11FINO2/c1-10-6-7-12(8-14(10)19)16-20-15(17(21)22-16)9-11-4-2-3-5-13(11)18/h2-9H,1H3/b15-9-. The Hall–Kier alpha value is -2.02. The number of cyclic esters (lactones) is 1. The van der Waals surface area contributed by atoms with Crippen molar-refractivity contribution in [2.24, 2.45) is 4.99 Å². The summed E-state index contributed by atoms with van der Waals surface area (Å²) >= 11 is 2.21. The number of nitrogens with zero attached hydrogens (tertiary/aromatic N) is 1. The first-order valence-corrected chi connectivity index (χ1v) is 7.66. The second kappa shape index (κ2) is 6.00. The summed E-state index contributed by atoms with van der Waals surface area (Å²) < 4.78 is 19.9. The monoisotopic (exact) mass is 407 g/mol. The highest BCUT2D eigenvalue weighted by molar-refractivity contribution is 14.1. The molecule has 0 aromatic heterocycles. The largest absolute Gasteiger partial charge is 0.402 e. The number of hydrogen-bond donors (Lipinski definition) is 0. The Balaban J connectivity index is 1.98. The van der Waals surface area contributed by atoms with E-state index in [9.17, 15) is 9.18 Å². The normalized spacial score (nSPS) is 15.9. The van der Waals surface area contributed by atoms with Gasteiger partial charge in [0.05, 0.1) is 0 Å². The molecule has 0 amide bonds. The Labute approximate surface area is 140 Å². The van der Waals surface area contributed by atoms with E-state index in [0.717, 1.165) is 14.7 Å². The van der Waals surface area contributed by atoms with Gasteiger partial charge in [-0.25, -0.2) is 14.2 Å². The highest BCUT2D eigenvalue weighted by Crippen LogP contribution is 2.22. The van der Waals surface area contributed by atoms with Gasteiger partial charge in [0.15, 0.2) is 5.70 Å². The van der Waals surface area contributed by atoms with Crippen LogP contribution in [0.3, 0.4) is 0 Å². The van der Waals surface area contributed by atoms with Gasteiger partial charge in [-0.05, 0) is 59.4 Å². The zero-order valence-corrected chi connectivity index (χ0v) is 13.8. The molecule has 110 valence electrons. The topological polar surface area (TPSA) is 38.7 Å². The molecule has 3 rings (SSSR count). The third-order valence-electron chi connectivity index (χ3n) is 3.24.